The largest absolute Gasteiger partial charge is 0.508 e. The lowest BCUT2D eigenvalue weighted by atomic mass is 9.77. The summed E-state index contributed by atoms with van der Waals surface area (Å²) in [6.07, 6.45) is 12.6. The van der Waals surface area contributed by atoms with Gasteiger partial charge in [-0.05, 0) is 166 Å². The lowest BCUT2D eigenvalue weighted by Gasteiger charge is -2.45. The van der Waals surface area contributed by atoms with Gasteiger partial charge in [0, 0.05) is 43.8 Å². The number of carbonyl (C=O) groups is 3. The first-order chi connectivity index (χ1) is 24.8. The summed E-state index contributed by atoms with van der Waals surface area (Å²) < 4.78 is 10.9. The molecule has 294 valence electrons. The van der Waals surface area contributed by atoms with E-state index >= 15 is 0 Å². The standard InChI is InChI=1S/C21H32N2O3.C14H25NO2.C8H8O2/c1-16-12-17(14-18(24)13-16)15-23-9-5-6-21(23)7-10-22(11-8-21)19(25)26-20(2,3)4;1-13(2,3)17-12(16)15-10-8-14(9-11-15)6-4-5-7-14;1-6-2-7(5-9)4-8(10)3-6/h12-14,24H,5-11,15H2,1-4H3;4-11H2,1-3H3;2-5,10H,1H3. The molecule has 10 nitrogen and oxygen atoms in total. The molecule has 3 heterocycles. The average Bonchev–Trinajstić information content (AvgIpc) is 3.66. The topological polar surface area (TPSA) is 120 Å². The van der Waals surface area contributed by atoms with E-state index in [4.69, 9.17) is 14.6 Å². The van der Waals surface area contributed by atoms with Gasteiger partial charge in [0.15, 0.2) is 0 Å². The van der Waals surface area contributed by atoms with E-state index in [-0.39, 0.29) is 29.1 Å². The Morgan fingerprint density at radius 3 is 1.62 bits per heavy atom. The number of likely N-dealkylation sites (tertiary alicyclic amines) is 3. The van der Waals surface area contributed by atoms with E-state index in [2.05, 4.69) is 11.0 Å². The number of rotatable bonds is 3. The Labute approximate surface area is 317 Å². The Hall–Kier alpha value is -3.79. The fourth-order valence-electron chi connectivity index (χ4n) is 8.37. The Bertz CT molecular complexity index is 1500. The molecule has 3 aliphatic heterocycles. The quantitative estimate of drug-likeness (QED) is 0.300. The molecule has 2 spiro atoms. The third-order valence-electron chi connectivity index (χ3n) is 10.9. The number of phenols is 2. The molecule has 6 rings (SSSR count). The molecule has 4 aliphatic rings. The van der Waals surface area contributed by atoms with E-state index in [9.17, 15) is 19.5 Å². The lowest BCUT2D eigenvalue weighted by molar-refractivity contribution is 0.00151. The second-order valence-electron chi connectivity index (χ2n) is 17.8. The van der Waals surface area contributed by atoms with Crippen LogP contribution in [0.4, 0.5) is 9.59 Å². The monoisotopic (exact) mass is 735 g/mol. The number of ether oxygens (including phenoxy) is 2. The maximum Gasteiger partial charge on any atom is 0.410 e. The van der Waals surface area contributed by atoms with Crippen molar-refractivity contribution in [1.29, 1.82) is 0 Å². The highest BCUT2D eigenvalue weighted by molar-refractivity contribution is 5.75. The van der Waals surface area contributed by atoms with E-state index in [0.717, 1.165) is 63.2 Å². The first-order valence-electron chi connectivity index (χ1n) is 19.6. The second kappa shape index (κ2) is 17.6. The highest BCUT2D eigenvalue weighted by Gasteiger charge is 2.44. The zero-order valence-corrected chi connectivity index (χ0v) is 33.6. The summed E-state index contributed by atoms with van der Waals surface area (Å²) in [7, 11) is 0. The fourth-order valence-corrected chi connectivity index (χ4v) is 8.37. The van der Waals surface area contributed by atoms with Crippen molar-refractivity contribution in [3.63, 3.8) is 0 Å². The minimum atomic E-state index is -0.446. The van der Waals surface area contributed by atoms with Crippen molar-refractivity contribution in [2.75, 3.05) is 32.7 Å². The van der Waals surface area contributed by atoms with Crippen LogP contribution in [0.25, 0.3) is 0 Å². The number of phenolic OH excluding ortho intramolecular Hbond substituents is 2. The van der Waals surface area contributed by atoms with Crippen molar-refractivity contribution in [2.24, 2.45) is 5.41 Å². The summed E-state index contributed by atoms with van der Waals surface area (Å²) in [6.45, 7) is 20.6. The highest BCUT2D eigenvalue weighted by Crippen LogP contribution is 2.46. The summed E-state index contributed by atoms with van der Waals surface area (Å²) >= 11 is 0. The van der Waals surface area contributed by atoms with Crippen molar-refractivity contribution in [3.05, 3.63) is 58.7 Å². The van der Waals surface area contributed by atoms with Crippen LogP contribution < -0.4 is 0 Å². The van der Waals surface area contributed by atoms with Crippen LogP contribution in [0.1, 0.15) is 133 Å². The van der Waals surface area contributed by atoms with Crippen LogP contribution in [0.15, 0.2) is 36.4 Å². The molecule has 1 aliphatic carbocycles. The first-order valence-corrected chi connectivity index (χ1v) is 19.6. The van der Waals surface area contributed by atoms with Gasteiger partial charge in [-0.25, -0.2) is 9.59 Å². The normalized spacial score (nSPS) is 19.5. The van der Waals surface area contributed by atoms with Gasteiger partial charge in [-0.15, -0.1) is 0 Å². The zero-order valence-electron chi connectivity index (χ0n) is 33.6. The molecule has 2 amide bonds. The van der Waals surface area contributed by atoms with Gasteiger partial charge >= 0.3 is 12.2 Å². The number of aldehydes is 1. The molecule has 2 aromatic rings. The first kappa shape index (κ1) is 42.0. The predicted molar refractivity (Wildman–Crippen MR) is 208 cm³/mol. The summed E-state index contributed by atoms with van der Waals surface area (Å²) in [5, 5.41) is 18.8. The van der Waals surface area contributed by atoms with Crippen molar-refractivity contribution in [2.45, 2.75) is 143 Å². The summed E-state index contributed by atoms with van der Waals surface area (Å²) in [5.41, 5.74) is 3.58. The molecule has 0 bridgehead atoms. The molecule has 2 N–H and O–H groups in total. The number of hydrogen-bond donors (Lipinski definition) is 2. The third-order valence-corrected chi connectivity index (χ3v) is 10.9. The van der Waals surface area contributed by atoms with Crippen LogP contribution in [0.2, 0.25) is 0 Å². The average molecular weight is 736 g/mol. The van der Waals surface area contributed by atoms with Gasteiger partial charge < -0.3 is 29.5 Å². The van der Waals surface area contributed by atoms with E-state index < -0.39 is 5.60 Å². The van der Waals surface area contributed by atoms with Gasteiger partial charge in [-0.2, -0.15) is 0 Å². The van der Waals surface area contributed by atoms with Crippen LogP contribution in [-0.2, 0) is 16.0 Å². The molecule has 1 saturated carbocycles. The Morgan fingerprint density at radius 1 is 0.660 bits per heavy atom. The zero-order chi connectivity index (χ0) is 39.0. The van der Waals surface area contributed by atoms with E-state index in [1.54, 1.807) is 18.2 Å². The summed E-state index contributed by atoms with van der Waals surface area (Å²) in [6, 6.07) is 10.6. The van der Waals surface area contributed by atoms with Crippen molar-refractivity contribution >= 4 is 18.5 Å². The van der Waals surface area contributed by atoms with Gasteiger partial charge in [-0.1, -0.05) is 18.9 Å². The molecule has 10 heteroatoms. The van der Waals surface area contributed by atoms with Crippen LogP contribution in [-0.4, -0.2) is 92.9 Å². The number of aryl methyl sites for hydroxylation is 2. The summed E-state index contributed by atoms with van der Waals surface area (Å²) in [4.78, 5) is 40.7. The Balaban J connectivity index is 0.000000198. The van der Waals surface area contributed by atoms with E-state index in [1.807, 2.05) is 71.3 Å². The molecule has 0 atom stereocenters. The minimum absolute atomic E-state index is 0.134. The maximum atomic E-state index is 12.3. The number of benzene rings is 2. The number of hydrogen-bond acceptors (Lipinski definition) is 8. The number of piperidine rings is 2. The van der Waals surface area contributed by atoms with Crippen molar-refractivity contribution < 1.29 is 34.1 Å². The molecule has 0 aromatic heterocycles. The Kier molecular flexibility index (Phi) is 13.9. The van der Waals surface area contributed by atoms with Crippen molar-refractivity contribution in [1.82, 2.24) is 14.7 Å². The van der Waals surface area contributed by atoms with Gasteiger partial charge in [-0.3, -0.25) is 9.69 Å². The third kappa shape index (κ3) is 12.7. The molecule has 0 unspecified atom stereocenters. The van der Waals surface area contributed by atoms with Crippen molar-refractivity contribution in [3.8, 4) is 11.5 Å². The van der Waals surface area contributed by atoms with Crippen LogP contribution >= 0.6 is 0 Å². The molecule has 2 aromatic carbocycles. The van der Waals surface area contributed by atoms with E-state index in [0.29, 0.717) is 23.0 Å². The number of aromatic hydroxyl groups is 2. The molecule has 53 heavy (non-hydrogen) atoms. The van der Waals surface area contributed by atoms with Gasteiger partial charge in [0.1, 0.15) is 29.0 Å². The SMILES string of the molecule is CC(C)(C)OC(=O)N1CCC2(CCCC2)CC1.Cc1cc(O)cc(C=O)c1.Cc1cc(O)cc(CN2CCCC23CCN(C(=O)OC(C)(C)C)CC3)c1. The maximum absolute atomic E-state index is 12.3. The van der Waals surface area contributed by atoms with Gasteiger partial charge in [0.25, 0.3) is 0 Å². The Morgan fingerprint density at radius 2 is 1.15 bits per heavy atom. The second-order valence-corrected chi connectivity index (χ2v) is 17.8. The molecule has 3 saturated heterocycles. The molecule has 0 radical (unpaired) electrons. The summed E-state index contributed by atoms with van der Waals surface area (Å²) in [5.74, 6) is 0.482. The molecular formula is C43H65N3O7. The lowest BCUT2D eigenvalue weighted by Crippen LogP contribution is -2.53. The molecule has 4 fully saturated rings. The van der Waals surface area contributed by atoms with Crippen LogP contribution in [0.5, 0.6) is 11.5 Å². The smallest absolute Gasteiger partial charge is 0.410 e. The highest BCUT2D eigenvalue weighted by atomic mass is 16.6. The van der Waals surface area contributed by atoms with Crippen LogP contribution in [0, 0.1) is 19.3 Å². The molecular weight excluding hydrogens is 670 g/mol. The van der Waals surface area contributed by atoms with Gasteiger partial charge in [0.05, 0.1) is 0 Å². The fraction of sp³-hybridized carbons (Fsp3) is 0.651. The van der Waals surface area contributed by atoms with Crippen LogP contribution in [0.3, 0.4) is 0 Å². The number of carbonyl (C=O) groups excluding carboxylic acids is 3. The minimum Gasteiger partial charge on any atom is -0.508 e. The predicted octanol–water partition coefficient (Wildman–Crippen LogP) is 9.16. The number of amides is 2. The van der Waals surface area contributed by atoms with E-state index in [1.165, 1.54) is 63.0 Å². The van der Waals surface area contributed by atoms with Gasteiger partial charge in [0.2, 0.25) is 0 Å². The number of nitrogens with zero attached hydrogens (tertiary/aromatic N) is 3.